The van der Waals surface area contributed by atoms with Gasteiger partial charge in [0, 0.05) is 0 Å². The first kappa shape index (κ1) is 15.8. The highest BCUT2D eigenvalue weighted by Crippen LogP contribution is 2.40. The molecule has 1 N–H and O–H groups in total. The van der Waals surface area contributed by atoms with Gasteiger partial charge < -0.3 is 14.6 Å². The summed E-state index contributed by atoms with van der Waals surface area (Å²) in [7, 11) is 3.15. The maximum atomic E-state index is 11.0. The maximum Gasteiger partial charge on any atom is 0.306 e. The van der Waals surface area contributed by atoms with E-state index in [-0.39, 0.29) is 0 Å². The van der Waals surface area contributed by atoms with Gasteiger partial charge in [0.15, 0.2) is 11.5 Å². The van der Waals surface area contributed by atoms with Crippen molar-refractivity contribution in [3.8, 4) is 11.5 Å². The van der Waals surface area contributed by atoms with Gasteiger partial charge in [-0.05, 0) is 46.0 Å². The summed E-state index contributed by atoms with van der Waals surface area (Å²) in [6, 6.07) is 1.86. The molecule has 1 atom stereocenters. The minimum absolute atomic E-state index is 0.435. The van der Waals surface area contributed by atoms with Crippen LogP contribution >= 0.6 is 15.9 Å². The molecule has 0 aromatic heterocycles. The Kier molecular flexibility index (Phi) is 5.66. The molecule has 5 heteroatoms. The van der Waals surface area contributed by atoms with Crippen LogP contribution in [0.1, 0.15) is 25.0 Å². The summed E-state index contributed by atoms with van der Waals surface area (Å²) >= 11 is 3.52. The summed E-state index contributed by atoms with van der Waals surface area (Å²) in [5.74, 6) is 0.0218. The van der Waals surface area contributed by atoms with Crippen LogP contribution in [0.2, 0.25) is 0 Å². The molecule has 1 rings (SSSR count). The topological polar surface area (TPSA) is 55.8 Å². The quantitative estimate of drug-likeness (QED) is 0.869. The van der Waals surface area contributed by atoms with Crippen LogP contribution in [0.15, 0.2) is 10.5 Å². The molecule has 0 aliphatic carbocycles. The maximum absolute atomic E-state index is 11.0. The molecular formula is C14H19BrO4. The fraction of sp³-hybridized carbons (Fsp3) is 0.500. The van der Waals surface area contributed by atoms with E-state index in [2.05, 4.69) is 15.9 Å². The summed E-state index contributed by atoms with van der Waals surface area (Å²) in [6.45, 7) is 3.73. The molecule has 0 radical (unpaired) electrons. The van der Waals surface area contributed by atoms with Gasteiger partial charge in [-0.3, -0.25) is 4.79 Å². The van der Waals surface area contributed by atoms with Gasteiger partial charge in [0.1, 0.15) is 0 Å². The minimum atomic E-state index is -0.798. The Labute approximate surface area is 121 Å². The highest BCUT2D eigenvalue weighted by Gasteiger charge is 2.20. The smallest absolute Gasteiger partial charge is 0.306 e. The predicted octanol–water partition coefficient (Wildman–Crippen LogP) is 3.29. The average molecular weight is 331 g/mol. The average Bonchev–Trinajstić information content (AvgIpc) is 2.38. The molecule has 1 unspecified atom stereocenters. The van der Waals surface area contributed by atoms with E-state index < -0.39 is 11.9 Å². The van der Waals surface area contributed by atoms with E-state index in [1.165, 1.54) is 0 Å². The number of aliphatic carboxylic acids is 1. The molecule has 0 aliphatic rings. The van der Waals surface area contributed by atoms with Crippen molar-refractivity contribution in [2.45, 2.75) is 26.7 Å². The zero-order chi connectivity index (χ0) is 14.6. The SMILES string of the molecule is CCc1c(CC(C)C(=O)O)cc(OC)c(OC)c1Br. The molecular weight excluding hydrogens is 312 g/mol. The number of carboxylic acids is 1. The van der Waals surface area contributed by atoms with Crippen LogP contribution in [0.4, 0.5) is 0 Å². The highest BCUT2D eigenvalue weighted by atomic mass is 79.9. The van der Waals surface area contributed by atoms with Crippen molar-refractivity contribution >= 4 is 21.9 Å². The normalized spacial score (nSPS) is 12.1. The van der Waals surface area contributed by atoms with E-state index >= 15 is 0 Å². The van der Waals surface area contributed by atoms with Crippen molar-refractivity contribution in [3.05, 3.63) is 21.7 Å². The summed E-state index contributed by atoms with van der Waals surface area (Å²) in [4.78, 5) is 11.0. The molecule has 1 aromatic carbocycles. The van der Waals surface area contributed by atoms with Crippen LogP contribution in [0.5, 0.6) is 11.5 Å². The number of carbonyl (C=O) groups is 1. The second-order valence-corrected chi connectivity index (χ2v) is 5.15. The summed E-state index contributed by atoms with van der Waals surface area (Å²) in [5, 5.41) is 9.04. The zero-order valence-corrected chi connectivity index (χ0v) is 13.2. The first-order valence-electron chi connectivity index (χ1n) is 6.11. The van der Waals surface area contributed by atoms with E-state index in [0.717, 1.165) is 22.0 Å². The van der Waals surface area contributed by atoms with Crippen LogP contribution in [-0.4, -0.2) is 25.3 Å². The van der Waals surface area contributed by atoms with Gasteiger partial charge >= 0.3 is 5.97 Å². The monoisotopic (exact) mass is 330 g/mol. The largest absolute Gasteiger partial charge is 0.493 e. The predicted molar refractivity (Wildman–Crippen MR) is 77.1 cm³/mol. The van der Waals surface area contributed by atoms with Crippen molar-refractivity contribution in [2.75, 3.05) is 14.2 Å². The Balaban J connectivity index is 3.30. The number of rotatable bonds is 6. The third-order valence-electron chi connectivity index (χ3n) is 3.11. The molecule has 1 aromatic rings. The lowest BCUT2D eigenvalue weighted by molar-refractivity contribution is -0.141. The first-order valence-corrected chi connectivity index (χ1v) is 6.90. The number of hydrogen-bond donors (Lipinski definition) is 1. The van der Waals surface area contributed by atoms with Crippen LogP contribution < -0.4 is 9.47 Å². The summed E-state index contributed by atoms with van der Waals surface area (Å²) in [6.07, 6.45) is 1.26. The lowest BCUT2D eigenvalue weighted by Crippen LogP contribution is -2.14. The third-order valence-corrected chi connectivity index (χ3v) is 3.95. The van der Waals surface area contributed by atoms with E-state index in [0.29, 0.717) is 17.9 Å². The molecule has 106 valence electrons. The van der Waals surface area contributed by atoms with Crippen molar-refractivity contribution < 1.29 is 19.4 Å². The van der Waals surface area contributed by atoms with E-state index in [4.69, 9.17) is 14.6 Å². The fourth-order valence-electron chi connectivity index (χ4n) is 2.02. The van der Waals surface area contributed by atoms with Crippen LogP contribution in [0, 0.1) is 5.92 Å². The van der Waals surface area contributed by atoms with Gasteiger partial charge in [0.2, 0.25) is 0 Å². The Morgan fingerprint density at radius 3 is 2.47 bits per heavy atom. The van der Waals surface area contributed by atoms with E-state index in [9.17, 15) is 4.79 Å². The fourth-order valence-corrected chi connectivity index (χ4v) is 2.91. The Hall–Kier alpha value is -1.23. The minimum Gasteiger partial charge on any atom is -0.493 e. The number of benzene rings is 1. The van der Waals surface area contributed by atoms with Crippen molar-refractivity contribution in [2.24, 2.45) is 5.92 Å². The van der Waals surface area contributed by atoms with Crippen molar-refractivity contribution in [1.29, 1.82) is 0 Å². The molecule has 0 saturated carbocycles. The Bertz CT molecular complexity index is 471. The molecule has 0 aliphatic heterocycles. The van der Waals surface area contributed by atoms with Gasteiger partial charge in [-0.2, -0.15) is 0 Å². The van der Waals surface area contributed by atoms with E-state index in [1.807, 2.05) is 13.0 Å². The molecule has 0 amide bonds. The van der Waals surface area contributed by atoms with Crippen LogP contribution in [-0.2, 0) is 17.6 Å². The van der Waals surface area contributed by atoms with Gasteiger partial charge in [-0.15, -0.1) is 0 Å². The molecule has 0 spiro atoms. The lowest BCUT2D eigenvalue weighted by Gasteiger charge is -2.18. The Morgan fingerprint density at radius 1 is 1.42 bits per heavy atom. The van der Waals surface area contributed by atoms with Gasteiger partial charge in [0.25, 0.3) is 0 Å². The van der Waals surface area contributed by atoms with Crippen molar-refractivity contribution in [3.63, 3.8) is 0 Å². The van der Waals surface area contributed by atoms with Gasteiger partial charge in [-0.1, -0.05) is 13.8 Å². The number of methoxy groups -OCH3 is 2. The van der Waals surface area contributed by atoms with Crippen molar-refractivity contribution in [1.82, 2.24) is 0 Å². The number of hydrogen-bond acceptors (Lipinski definition) is 3. The van der Waals surface area contributed by atoms with Gasteiger partial charge in [0.05, 0.1) is 24.6 Å². The zero-order valence-electron chi connectivity index (χ0n) is 11.6. The third kappa shape index (κ3) is 3.41. The number of ether oxygens (including phenoxy) is 2. The number of halogens is 1. The summed E-state index contributed by atoms with van der Waals surface area (Å²) < 4.78 is 11.5. The van der Waals surface area contributed by atoms with Crippen LogP contribution in [0.3, 0.4) is 0 Å². The second-order valence-electron chi connectivity index (χ2n) is 4.36. The molecule has 0 saturated heterocycles. The highest BCUT2D eigenvalue weighted by molar-refractivity contribution is 9.10. The Morgan fingerprint density at radius 2 is 2.05 bits per heavy atom. The molecule has 0 fully saturated rings. The lowest BCUT2D eigenvalue weighted by atomic mass is 9.95. The first-order chi connectivity index (χ1) is 8.96. The van der Waals surface area contributed by atoms with E-state index in [1.54, 1.807) is 21.1 Å². The van der Waals surface area contributed by atoms with Gasteiger partial charge in [-0.25, -0.2) is 0 Å². The molecule has 19 heavy (non-hydrogen) atoms. The molecule has 0 bridgehead atoms. The number of carboxylic acid groups (broad SMARTS) is 1. The molecule has 0 heterocycles. The standard InChI is InChI=1S/C14H19BrO4/c1-5-10-9(6-8(2)14(16)17)7-11(18-3)13(19-4)12(10)15/h7-8H,5-6H2,1-4H3,(H,16,17). The van der Waals surface area contributed by atoms with Crippen LogP contribution in [0.25, 0.3) is 0 Å². The second kappa shape index (κ2) is 6.80. The summed E-state index contributed by atoms with van der Waals surface area (Å²) in [5.41, 5.74) is 2.03. The molecule has 4 nitrogen and oxygen atoms in total.